The summed E-state index contributed by atoms with van der Waals surface area (Å²) in [5, 5.41) is 0. The molecule has 0 aliphatic carbocycles. The first-order valence-electron chi connectivity index (χ1n) is 4.47. The predicted molar refractivity (Wildman–Crippen MR) is 49.0 cm³/mol. The fourth-order valence-corrected chi connectivity index (χ4v) is 1.02. The molecule has 1 aromatic rings. The van der Waals surface area contributed by atoms with E-state index in [0.717, 1.165) is 0 Å². The van der Waals surface area contributed by atoms with Gasteiger partial charge in [-0.05, 0) is 23.6 Å². The highest BCUT2D eigenvalue weighted by Gasteiger charge is 2.01. The Balaban J connectivity index is 2.87. The molecule has 0 aliphatic rings. The van der Waals surface area contributed by atoms with Gasteiger partial charge in [-0.3, -0.25) is 4.79 Å². The van der Waals surface area contributed by atoms with Crippen molar-refractivity contribution in [2.24, 2.45) is 5.73 Å². The quantitative estimate of drug-likeness (QED) is 0.714. The van der Waals surface area contributed by atoms with Crippen LogP contribution in [0.1, 0.15) is 35.7 Å². The van der Waals surface area contributed by atoms with Crippen LogP contribution in [-0.4, -0.2) is 5.91 Å². The summed E-state index contributed by atoms with van der Waals surface area (Å²) in [7, 11) is 0. The number of hydrogen-bond donors (Lipinski definition) is 1. The zero-order chi connectivity index (χ0) is 9.84. The van der Waals surface area contributed by atoms with Gasteiger partial charge in [0.2, 0.25) is 5.91 Å². The second-order valence-corrected chi connectivity index (χ2v) is 3.11. The smallest absolute Gasteiger partial charge is 0.248 e. The number of hydrogen-bond acceptors (Lipinski definition) is 1. The van der Waals surface area contributed by atoms with E-state index in [4.69, 9.17) is 1.41 Å². The molecule has 0 saturated carbocycles. The minimum atomic E-state index is -0.365. The number of nitrogens with two attached hydrogens (primary N) is 1. The Hall–Kier alpha value is -1.31. The van der Waals surface area contributed by atoms with Gasteiger partial charge in [-0.1, -0.05) is 26.0 Å². The molecule has 1 rings (SSSR count). The van der Waals surface area contributed by atoms with Gasteiger partial charge in [0, 0.05) is 5.56 Å². The Bertz CT molecular complexity index is 292. The molecule has 0 aromatic heterocycles. The summed E-state index contributed by atoms with van der Waals surface area (Å²) < 4.78 is 6.68. The van der Waals surface area contributed by atoms with Crippen LogP contribution < -0.4 is 5.73 Å². The Labute approximate surface area is 73.9 Å². The lowest BCUT2D eigenvalue weighted by Gasteiger charge is -2.04. The van der Waals surface area contributed by atoms with Crippen molar-refractivity contribution in [2.75, 3.05) is 0 Å². The largest absolute Gasteiger partial charge is 0.366 e. The first-order valence-corrected chi connectivity index (χ1v) is 3.97. The molecule has 64 valence electrons. The van der Waals surface area contributed by atoms with E-state index >= 15 is 0 Å². The summed E-state index contributed by atoms with van der Waals surface area (Å²) in [5.74, 6) is 0.100. The Morgan fingerprint density at radius 2 is 2.00 bits per heavy atom. The highest BCUT2D eigenvalue weighted by Crippen LogP contribution is 2.14. The molecule has 0 aliphatic heterocycles. The number of amides is 1. The van der Waals surface area contributed by atoms with Gasteiger partial charge < -0.3 is 5.73 Å². The van der Waals surface area contributed by atoms with Crippen LogP contribution in [0.25, 0.3) is 0 Å². The van der Waals surface area contributed by atoms with Gasteiger partial charge in [-0.15, -0.1) is 0 Å². The summed E-state index contributed by atoms with van der Waals surface area (Å²) in [6.45, 7) is 4.19. The molecule has 0 unspecified atom stereocenters. The minimum Gasteiger partial charge on any atom is -0.366 e. The Kier molecular flexibility index (Phi) is 2.08. The second kappa shape index (κ2) is 3.39. The van der Waals surface area contributed by atoms with E-state index in [1.54, 1.807) is 12.1 Å². The standard InChI is InChI=1S/C10H13NO/c1-7(2)8-3-5-9(6-4-8)10(11)12/h3-7H,1-2H3,(H2,11,12)/i/hT. The summed E-state index contributed by atoms with van der Waals surface area (Å²) in [6, 6.07) is 7.29. The van der Waals surface area contributed by atoms with Crippen LogP contribution in [0.5, 0.6) is 0 Å². The van der Waals surface area contributed by atoms with Crippen molar-refractivity contribution in [1.82, 2.24) is 0 Å². The third-order valence-electron chi connectivity index (χ3n) is 1.84. The van der Waals surface area contributed by atoms with E-state index in [9.17, 15) is 4.79 Å². The van der Waals surface area contributed by atoms with E-state index < -0.39 is 0 Å². The molecular weight excluding hydrogens is 150 g/mol. The first kappa shape index (κ1) is 7.35. The monoisotopic (exact) mass is 165 g/mol. The number of carbonyl (C=O) groups is 1. The summed E-state index contributed by atoms with van der Waals surface area (Å²) >= 11 is 0. The van der Waals surface area contributed by atoms with Crippen LogP contribution in [0, 0.1) is 0 Å². The van der Waals surface area contributed by atoms with Crippen molar-refractivity contribution in [3.05, 3.63) is 35.4 Å². The van der Waals surface area contributed by atoms with Gasteiger partial charge in [0.1, 0.15) is 0 Å². The molecule has 0 atom stereocenters. The molecular formula is C10H13NO. The minimum absolute atomic E-state index is 0.365. The molecule has 2 nitrogen and oxygen atoms in total. The third-order valence-corrected chi connectivity index (χ3v) is 1.84. The van der Waals surface area contributed by atoms with Crippen molar-refractivity contribution in [3.63, 3.8) is 0 Å². The van der Waals surface area contributed by atoms with Gasteiger partial charge in [0.15, 0.2) is 1.41 Å². The zero-order valence-corrected chi connectivity index (χ0v) is 7.29. The van der Waals surface area contributed by atoms with Gasteiger partial charge in [0.05, 0.1) is 0 Å². The number of benzene rings is 1. The topological polar surface area (TPSA) is 43.1 Å². The lowest BCUT2D eigenvalue weighted by Crippen LogP contribution is -2.10. The molecule has 0 radical (unpaired) electrons. The lowest BCUT2D eigenvalue weighted by molar-refractivity contribution is 0.100. The van der Waals surface area contributed by atoms with Crippen LogP contribution >= 0.6 is 0 Å². The fraction of sp³-hybridized carbons (Fsp3) is 0.300. The van der Waals surface area contributed by atoms with Gasteiger partial charge in [-0.2, -0.15) is 0 Å². The predicted octanol–water partition coefficient (Wildman–Crippen LogP) is 1.91. The number of carbonyl (C=O) groups excluding carboxylic acids is 1. The van der Waals surface area contributed by atoms with Gasteiger partial charge in [0.25, 0.3) is 0 Å². The van der Waals surface area contributed by atoms with Crippen molar-refractivity contribution in [3.8, 4) is 0 Å². The molecule has 1 aromatic carbocycles. The van der Waals surface area contributed by atoms with E-state index in [0.29, 0.717) is 11.5 Å². The summed E-state index contributed by atoms with van der Waals surface area (Å²) in [6.07, 6.45) is 0. The first-order chi connectivity index (χ1) is 6.15. The average Bonchev–Trinajstić information content (AvgIpc) is 2.17. The van der Waals surface area contributed by atoms with E-state index in [1.165, 1.54) is 5.56 Å². The molecule has 2 N–H and O–H groups in total. The van der Waals surface area contributed by atoms with Crippen molar-refractivity contribution in [2.45, 2.75) is 19.8 Å². The highest BCUT2D eigenvalue weighted by atomic mass is 16.1. The Morgan fingerprint density at radius 1 is 1.42 bits per heavy atom. The normalized spacial score (nSPS) is 11.1. The van der Waals surface area contributed by atoms with Crippen molar-refractivity contribution >= 4 is 5.91 Å². The van der Waals surface area contributed by atoms with E-state index in [1.807, 2.05) is 17.9 Å². The van der Waals surface area contributed by atoms with Crippen molar-refractivity contribution in [1.29, 1.82) is 0 Å². The highest BCUT2D eigenvalue weighted by molar-refractivity contribution is 5.92. The van der Waals surface area contributed by atoms with E-state index in [2.05, 4.69) is 13.8 Å². The maximum atomic E-state index is 11.0. The molecule has 12 heavy (non-hydrogen) atoms. The molecule has 0 fully saturated rings. The zero-order valence-electron chi connectivity index (χ0n) is 8.29. The van der Waals surface area contributed by atoms with Crippen LogP contribution in [0.2, 0.25) is 1.41 Å². The third kappa shape index (κ3) is 1.84. The van der Waals surface area contributed by atoms with Crippen molar-refractivity contribution < 1.29 is 6.21 Å². The molecule has 0 bridgehead atoms. The molecule has 2 heteroatoms. The molecule has 0 heterocycles. The van der Waals surface area contributed by atoms with Crippen LogP contribution in [0.4, 0.5) is 0 Å². The van der Waals surface area contributed by atoms with Crippen LogP contribution in [0.3, 0.4) is 0 Å². The number of rotatable bonds is 2. The van der Waals surface area contributed by atoms with Gasteiger partial charge >= 0.3 is 0 Å². The van der Waals surface area contributed by atoms with Crippen LogP contribution in [0.15, 0.2) is 24.3 Å². The summed E-state index contributed by atoms with van der Waals surface area (Å²) in [5.41, 5.74) is 3.56. The SMILES string of the molecule is [3H]NC(=O)c1ccc(C(C)C)cc1. The Morgan fingerprint density at radius 3 is 2.42 bits per heavy atom. The summed E-state index contributed by atoms with van der Waals surface area (Å²) in [4.78, 5) is 11.0. The molecule has 0 saturated heterocycles. The average molecular weight is 165 g/mol. The van der Waals surface area contributed by atoms with Crippen LogP contribution in [-0.2, 0) is 0 Å². The molecule has 1 amide bonds. The lowest BCUT2D eigenvalue weighted by atomic mass is 10.0. The second-order valence-electron chi connectivity index (χ2n) is 3.11. The van der Waals surface area contributed by atoms with Gasteiger partial charge in [-0.25, -0.2) is 0 Å². The number of primary amides is 1. The maximum absolute atomic E-state index is 11.0. The fourth-order valence-electron chi connectivity index (χ4n) is 1.02. The molecule has 0 spiro atoms. The maximum Gasteiger partial charge on any atom is 0.248 e. The van der Waals surface area contributed by atoms with E-state index in [-0.39, 0.29) is 5.91 Å².